The smallest absolute Gasteiger partial charge is 0.337 e. The summed E-state index contributed by atoms with van der Waals surface area (Å²) in [5, 5.41) is 55.8. The van der Waals surface area contributed by atoms with Gasteiger partial charge in [0.2, 0.25) is 0 Å². The number of benzene rings is 1. The van der Waals surface area contributed by atoms with E-state index in [1.54, 1.807) is 0 Å². The summed E-state index contributed by atoms with van der Waals surface area (Å²) in [4.78, 5) is 81.9. The summed E-state index contributed by atoms with van der Waals surface area (Å²) in [7, 11) is 0. The zero-order valence-corrected chi connectivity index (χ0v) is 15.9. The van der Waals surface area contributed by atoms with Gasteiger partial charge in [0, 0.05) is 11.5 Å². The molecule has 1 fully saturated rings. The van der Waals surface area contributed by atoms with Crippen LogP contribution >= 0.6 is 0 Å². The number of carbonyl (C=O) groups excluding carboxylic acids is 1. The van der Waals surface area contributed by atoms with E-state index in [0.717, 1.165) is 0 Å². The summed E-state index contributed by atoms with van der Waals surface area (Å²) in [6.07, 6.45) is -1.19. The van der Waals surface area contributed by atoms with E-state index in [-0.39, 0.29) is 0 Å². The second kappa shape index (κ2) is 8.83. The minimum Gasteiger partial charge on any atom is -0.481 e. The maximum absolute atomic E-state index is 13.0. The SMILES string of the molecule is O=C(O)c1cc(C(=O)C2CC(C(=O)O)C(C(=O)O)C(C(=O)O)C2)cc(C(=O)O)c1C(=O)O. The van der Waals surface area contributed by atoms with Gasteiger partial charge in [-0.2, -0.15) is 0 Å². The minimum atomic E-state index is -1.88. The first kappa shape index (κ1) is 24.0. The van der Waals surface area contributed by atoms with Gasteiger partial charge in [0.15, 0.2) is 5.78 Å². The predicted molar refractivity (Wildman–Crippen MR) is 97.8 cm³/mol. The predicted octanol–water partition coefficient (Wildman–Crippen LogP) is 0.476. The summed E-state index contributed by atoms with van der Waals surface area (Å²) < 4.78 is 0. The molecule has 1 aliphatic carbocycles. The Morgan fingerprint density at radius 3 is 1.31 bits per heavy atom. The van der Waals surface area contributed by atoms with Crippen molar-refractivity contribution in [2.45, 2.75) is 12.8 Å². The van der Waals surface area contributed by atoms with Crippen molar-refractivity contribution in [1.82, 2.24) is 0 Å². The van der Waals surface area contributed by atoms with Crippen LogP contribution in [0.3, 0.4) is 0 Å². The molecule has 13 nitrogen and oxygen atoms in total. The van der Waals surface area contributed by atoms with Crippen LogP contribution in [0, 0.1) is 23.7 Å². The van der Waals surface area contributed by atoms with Crippen molar-refractivity contribution in [1.29, 1.82) is 0 Å². The summed E-state index contributed by atoms with van der Waals surface area (Å²) in [6, 6.07) is 1.21. The van der Waals surface area contributed by atoms with E-state index in [9.17, 15) is 64.2 Å². The Hall–Kier alpha value is -4.29. The van der Waals surface area contributed by atoms with Crippen molar-refractivity contribution in [3.05, 3.63) is 34.4 Å². The van der Waals surface area contributed by atoms with Crippen molar-refractivity contribution in [2.75, 3.05) is 0 Å². The Labute approximate surface area is 177 Å². The summed E-state index contributed by atoms with van der Waals surface area (Å²) in [5.41, 5.74) is -3.69. The highest BCUT2D eigenvalue weighted by atomic mass is 16.4. The van der Waals surface area contributed by atoms with E-state index < -0.39 is 100 Å². The number of aromatic carboxylic acids is 3. The number of carbonyl (C=O) groups is 7. The second-order valence-corrected chi connectivity index (χ2v) is 7.15. The van der Waals surface area contributed by atoms with Gasteiger partial charge < -0.3 is 30.6 Å². The third kappa shape index (κ3) is 4.40. The average molecular weight is 452 g/mol. The molecule has 6 N–H and O–H groups in total. The summed E-state index contributed by atoms with van der Waals surface area (Å²) in [6.45, 7) is 0. The molecular weight excluding hydrogens is 436 g/mol. The van der Waals surface area contributed by atoms with Gasteiger partial charge in [-0.05, 0) is 25.0 Å². The first-order valence-electron chi connectivity index (χ1n) is 8.88. The zero-order chi connectivity index (χ0) is 24.5. The fraction of sp³-hybridized carbons (Fsp3) is 0.316. The molecule has 0 saturated heterocycles. The van der Waals surface area contributed by atoms with Crippen molar-refractivity contribution >= 4 is 41.6 Å². The zero-order valence-electron chi connectivity index (χ0n) is 15.9. The molecule has 0 heterocycles. The highest BCUT2D eigenvalue weighted by molar-refractivity contribution is 6.12. The first-order valence-corrected chi connectivity index (χ1v) is 8.88. The maximum atomic E-state index is 13.0. The topological polar surface area (TPSA) is 241 Å². The van der Waals surface area contributed by atoms with Crippen LogP contribution in [-0.4, -0.2) is 72.2 Å². The van der Waals surface area contributed by atoms with E-state index in [2.05, 4.69) is 0 Å². The lowest BCUT2D eigenvalue weighted by atomic mass is 9.66. The van der Waals surface area contributed by atoms with Gasteiger partial charge in [-0.25, -0.2) is 14.4 Å². The molecule has 32 heavy (non-hydrogen) atoms. The number of hydrogen-bond acceptors (Lipinski definition) is 7. The molecule has 2 unspecified atom stereocenters. The van der Waals surface area contributed by atoms with Gasteiger partial charge in [-0.3, -0.25) is 19.2 Å². The molecule has 0 spiro atoms. The Kier molecular flexibility index (Phi) is 6.62. The average Bonchev–Trinajstić information content (AvgIpc) is 2.70. The normalized spacial score (nSPS) is 22.5. The number of ketones is 1. The van der Waals surface area contributed by atoms with Gasteiger partial charge in [0.25, 0.3) is 0 Å². The largest absolute Gasteiger partial charge is 0.481 e. The van der Waals surface area contributed by atoms with Gasteiger partial charge in [0.05, 0.1) is 34.4 Å². The Balaban J connectivity index is 2.61. The number of hydrogen-bond donors (Lipinski definition) is 6. The lowest BCUT2D eigenvalue weighted by molar-refractivity contribution is -0.165. The monoisotopic (exact) mass is 452 g/mol. The van der Waals surface area contributed by atoms with Gasteiger partial charge in [0.1, 0.15) is 0 Å². The van der Waals surface area contributed by atoms with Crippen molar-refractivity contribution in [3.63, 3.8) is 0 Å². The van der Waals surface area contributed by atoms with Crippen LogP contribution in [0.25, 0.3) is 0 Å². The molecular formula is C19H16O13. The van der Waals surface area contributed by atoms with E-state index in [4.69, 9.17) is 0 Å². The lowest BCUT2D eigenvalue weighted by Crippen LogP contribution is -2.46. The number of aliphatic carboxylic acids is 3. The number of rotatable bonds is 8. The number of carboxylic acids is 6. The summed E-state index contributed by atoms with van der Waals surface area (Å²) in [5.74, 6) is -18.3. The molecule has 1 aromatic rings. The standard InChI is InChI=1S/C19H16O13/c20-13(5-1-7(14(21)22)11(18(29)30)8(2-5)15(23)24)6-3-9(16(25)26)12(19(31)32)10(4-6)17(27)28/h1-2,6,9-10,12H,3-4H2,(H,21,22)(H,23,24)(H,25,26)(H,27,28)(H,29,30)(H,31,32). The van der Waals surface area contributed by atoms with E-state index >= 15 is 0 Å². The molecule has 0 amide bonds. The molecule has 2 rings (SSSR count). The molecule has 0 aromatic heterocycles. The quantitative estimate of drug-likeness (QED) is 0.294. The fourth-order valence-electron chi connectivity index (χ4n) is 3.94. The van der Waals surface area contributed by atoms with Crippen LogP contribution in [0.2, 0.25) is 0 Å². The molecule has 0 aliphatic heterocycles. The lowest BCUT2D eigenvalue weighted by Gasteiger charge is -2.35. The van der Waals surface area contributed by atoms with Crippen molar-refractivity contribution in [3.8, 4) is 0 Å². The van der Waals surface area contributed by atoms with Crippen LogP contribution < -0.4 is 0 Å². The minimum absolute atomic E-state index is 0.586. The molecule has 0 bridgehead atoms. The first-order chi connectivity index (χ1) is 14.8. The van der Waals surface area contributed by atoms with Crippen LogP contribution in [0.15, 0.2) is 12.1 Å². The number of carboxylic acid groups (broad SMARTS) is 6. The molecule has 13 heteroatoms. The van der Waals surface area contributed by atoms with Crippen LogP contribution in [0.4, 0.5) is 0 Å². The van der Waals surface area contributed by atoms with Crippen LogP contribution in [0.1, 0.15) is 54.3 Å². The Morgan fingerprint density at radius 2 is 1.03 bits per heavy atom. The van der Waals surface area contributed by atoms with Crippen molar-refractivity contribution in [2.24, 2.45) is 23.7 Å². The summed E-state index contributed by atoms with van der Waals surface area (Å²) >= 11 is 0. The van der Waals surface area contributed by atoms with E-state index in [1.165, 1.54) is 0 Å². The van der Waals surface area contributed by atoms with Gasteiger partial charge >= 0.3 is 35.8 Å². The van der Waals surface area contributed by atoms with E-state index in [0.29, 0.717) is 12.1 Å². The fourth-order valence-corrected chi connectivity index (χ4v) is 3.94. The van der Waals surface area contributed by atoms with Gasteiger partial charge in [-0.1, -0.05) is 0 Å². The molecule has 1 aliphatic rings. The Morgan fingerprint density at radius 1 is 0.625 bits per heavy atom. The van der Waals surface area contributed by atoms with Crippen molar-refractivity contribution < 1.29 is 64.2 Å². The number of Topliss-reactive ketones (excluding diaryl/α,β-unsaturated/α-hetero) is 1. The van der Waals surface area contributed by atoms with Crippen LogP contribution in [0.5, 0.6) is 0 Å². The Bertz CT molecular complexity index is 994. The third-order valence-electron chi connectivity index (χ3n) is 5.33. The molecule has 0 radical (unpaired) electrons. The maximum Gasteiger partial charge on any atom is 0.337 e. The highest BCUT2D eigenvalue weighted by Crippen LogP contribution is 2.40. The molecule has 2 atom stereocenters. The molecule has 1 aromatic carbocycles. The second-order valence-electron chi connectivity index (χ2n) is 7.15. The highest BCUT2D eigenvalue weighted by Gasteiger charge is 2.50. The van der Waals surface area contributed by atoms with Crippen LogP contribution in [-0.2, 0) is 14.4 Å². The molecule has 1 saturated carbocycles. The van der Waals surface area contributed by atoms with Gasteiger partial charge in [-0.15, -0.1) is 0 Å². The third-order valence-corrected chi connectivity index (χ3v) is 5.33. The van der Waals surface area contributed by atoms with E-state index in [1.807, 2.05) is 0 Å². The molecule has 170 valence electrons.